The number of aromatic nitrogens is 2. The van der Waals surface area contributed by atoms with Crippen molar-refractivity contribution in [1.29, 1.82) is 0 Å². The highest BCUT2D eigenvalue weighted by molar-refractivity contribution is 5.94. The third kappa shape index (κ3) is 3.59. The number of likely N-dealkylation sites (tertiary alicyclic amines) is 1. The Balaban J connectivity index is 1.69. The van der Waals surface area contributed by atoms with Crippen LogP contribution in [0.3, 0.4) is 0 Å². The van der Waals surface area contributed by atoms with Gasteiger partial charge in [-0.1, -0.05) is 12.1 Å². The van der Waals surface area contributed by atoms with Crippen molar-refractivity contribution in [3.05, 3.63) is 54.1 Å². The molecule has 0 spiro atoms. The molecular weight excluding hydrogens is 295 g/mol. The lowest BCUT2D eigenvalue weighted by Gasteiger charge is -2.24. The molecule has 0 radical (unpaired) electrons. The average Bonchev–Trinajstić information content (AvgIpc) is 3.17. The first-order valence-corrected chi connectivity index (χ1v) is 7.81. The number of benzene rings is 1. The van der Waals surface area contributed by atoms with E-state index in [9.17, 15) is 9.18 Å². The second kappa shape index (κ2) is 6.91. The summed E-state index contributed by atoms with van der Waals surface area (Å²) in [5.41, 5.74) is 1.70. The molecule has 23 heavy (non-hydrogen) atoms. The van der Waals surface area contributed by atoms with Gasteiger partial charge in [-0.25, -0.2) is 9.37 Å². The van der Waals surface area contributed by atoms with Crippen LogP contribution in [0.1, 0.15) is 22.3 Å². The lowest BCUT2D eigenvalue weighted by Crippen LogP contribution is -2.40. The smallest absolute Gasteiger partial charge is 0.254 e. The number of rotatable bonds is 5. The topological polar surface area (TPSA) is 50.2 Å². The summed E-state index contributed by atoms with van der Waals surface area (Å²) < 4.78 is 15.6. The highest BCUT2D eigenvalue weighted by Gasteiger charge is 2.35. The van der Waals surface area contributed by atoms with Crippen molar-refractivity contribution in [2.75, 3.05) is 20.1 Å². The van der Waals surface area contributed by atoms with Crippen molar-refractivity contribution in [1.82, 2.24) is 19.8 Å². The van der Waals surface area contributed by atoms with E-state index in [1.54, 1.807) is 17.4 Å². The third-order valence-corrected chi connectivity index (χ3v) is 4.19. The summed E-state index contributed by atoms with van der Waals surface area (Å²) in [6, 6.07) is 7.42. The molecule has 1 fully saturated rings. The van der Waals surface area contributed by atoms with E-state index in [4.69, 9.17) is 0 Å². The largest absolute Gasteiger partial charge is 0.333 e. The standard InChI is InChI=1S/C17H21FN4O/c1-19-9-16-8-15(18)11-22(16)17(23)14-4-2-13(3-5-14)10-21-7-6-20-12-21/h2-7,12,15-16,19H,8-11H2,1H3/t15-,16-/m0/s1. The van der Waals surface area contributed by atoms with Crippen molar-refractivity contribution < 1.29 is 9.18 Å². The molecule has 1 N–H and O–H groups in total. The van der Waals surface area contributed by atoms with Crippen LogP contribution in [0.25, 0.3) is 0 Å². The zero-order chi connectivity index (χ0) is 16.2. The molecule has 1 aliphatic rings. The van der Waals surface area contributed by atoms with Gasteiger partial charge in [-0.2, -0.15) is 0 Å². The van der Waals surface area contributed by atoms with E-state index >= 15 is 0 Å². The number of halogens is 1. The van der Waals surface area contributed by atoms with Crippen LogP contribution >= 0.6 is 0 Å². The number of imidazole rings is 1. The Labute approximate surface area is 135 Å². The number of likely N-dealkylation sites (N-methyl/N-ethyl adjacent to an activating group) is 1. The maximum Gasteiger partial charge on any atom is 0.254 e. The second-order valence-corrected chi connectivity index (χ2v) is 5.93. The van der Waals surface area contributed by atoms with Crippen LogP contribution in [0.2, 0.25) is 0 Å². The van der Waals surface area contributed by atoms with Gasteiger partial charge in [0, 0.05) is 43.5 Å². The number of nitrogens with one attached hydrogen (secondary N) is 1. The molecule has 3 rings (SSSR count). The Bertz CT molecular complexity index is 641. The summed E-state index contributed by atoms with van der Waals surface area (Å²) in [5.74, 6) is -0.0976. The number of alkyl halides is 1. The van der Waals surface area contributed by atoms with Gasteiger partial charge in [-0.05, 0) is 24.7 Å². The van der Waals surface area contributed by atoms with Crippen LogP contribution in [0, 0.1) is 0 Å². The summed E-state index contributed by atoms with van der Waals surface area (Å²) in [6.07, 6.45) is 4.86. The van der Waals surface area contributed by atoms with Crippen molar-refractivity contribution in [2.45, 2.75) is 25.2 Å². The molecule has 122 valence electrons. The molecule has 2 heterocycles. The van der Waals surface area contributed by atoms with Gasteiger partial charge in [0.1, 0.15) is 6.17 Å². The van der Waals surface area contributed by atoms with Crippen LogP contribution < -0.4 is 5.32 Å². The molecule has 2 aromatic rings. The normalized spacial score (nSPS) is 20.9. The molecule has 0 saturated carbocycles. The fourth-order valence-corrected chi connectivity index (χ4v) is 3.05. The van der Waals surface area contributed by atoms with E-state index in [1.807, 2.05) is 42.1 Å². The maximum absolute atomic E-state index is 13.7. The number of hydrogen-bond donors (Lipinski definition) is 1. The molecular formula is C17H21FN4O. The molecule has 0 bridgehead atoms. The molecule has 1 amide bonds. The quantitative estimate of drug-likeness (QED) is 0.913. The predicted octanol–water partition coefficient (Wildman–Crippen LogP) is 1.70. The summed E-state index contributed by atoms with van der Waals surface area (Å²) >= 11 is 0. The van der Waals surface area contributed by atoms with E-state index in [0.717, 1.165) is 5.56 Å². The number of nitrogens with zero attached hydrogens (tertiary/aromatic N) is 3. The van der Waals surface area contributed by atoms with Crippen molar-refractivity contribution in [2.24, 2.45) is 0 Å². The minimum Gasteiger partial charge on any atom is -0.333 e. The minimum absolute atomic E-state index is 0.0758. The number of hydrogen-bond acceptors (Lipinski definition) is 3. The fourth-order valence-electron chi connectivity index (χ4n) is 3.05. The highest BCUT2D eigenvalue weighted by atomic mass is 19.1. The lowest BCUT2D eigenvalue weighted by molar-refractivity contribution is 0.0730. The van der Waals surface area contributed by atoms with Crippen LogP contribution in [-0.2, 0) is 6.54 Å². The molecule has 5 nitrogen and oxygen atoms in total. The van der Waals surface area contributed by atoms with E-state index < -0.39 is 6.17 Å². The number of carbonyl (C=O) groups is 1. The van der Waals surface area contributed by atoms with Gasteiger partial charge in [0.05, 0.1) is 12.9 Å². The van der Waals surface area contributed by atoms with Crippen molar-refractivity contribution in [3.8, 4) is 0 Å². The molecule has 0 unspecified atom stereocenters. The zero-order valence-electron chi connectivity index (χ0n) is 13.2. The molecule has 1 aromatic heterocycles. The summed E-state index contributed by atoms with van der Waals surface area (Å²) in [6.45, 7) is 1.51. The van der Waals surface area contributed by atoms with E-state index in [2.05, 4.69) is 10.3 Å². The first-order valence-electron chi connectivity index (χ1n) is 7.81. The zero-order valence-corrected chi connectivity index (χ0v) is 13.2. The molecule has 0 aliphatic carbocycles. The highest BCUT2D eigenvalue weighted by Crippen LogP contribution is 2.22. The minimum atomic E-state index is -0.933. The Kier molecular flexibility index (Phi) is 4.71. The van der Waals surface area contributed by atoms with Crippen molar-refractivity contribution >= 4 is 5.91 Å². The molecule has 2 atom stereocenters. The molecule has 6 heteroatoms. The van der Waals surface area contributed by atoms with Gasteiger partial charge < -0.3 is 14.8 Å². The summed E-state index contributed by atoms with van der Waals surface area (Å²) in [7, 11) is 1.82. The van der Waals surface area contributed by atoms with E-state index in [0.29, 0.717) is 25.1 Å². The Hall–Kier alpha value is -2.21. The molecule has 1 saturated heterocycles. The second-order valence-electron chi connectivity index (χ2n) is 5.93. The third-order valence-electron chi connectivity index (χ3n) is 4.19. The van der Waals surface area contributed by atoms with Crippen LogP contribution in [0.15, 0.2) is 43.0 Å². The Morgan fingerprint density at radius 1 is 1.39 bits per heavy atom. The SMILES string of the molecule is CNC[C@@H]1C[C@H](F)CN1C(=O)c1ccc(Cn2ccnc2)cc1. The van der Waals surface area contributed by atoms with Crippen molar-refractivity contribution in [3.63, 3.8) is 0 Å². The Morgan fingerprint density at radius 3 is 2.83 bits per heavy atom. The first kappa shape index (κ1) is 15.7. The summed E-state index contributed by atoms with van der Waals surface area (Å²) in [5, 5.41) is 3.03. The van der Waals surface area contributed by atoms with Gasteiger partial charge in [-0.3, -0.25) is 4.79 Å². The van der Waals surface area contributed by atoms with Gasteiger partial charge in [-0.15, -0.1) is 0 Å². The molecule has 1 aromatic carbocycles. The van der Waals surface area contributed by atoms with E-state index in [1.165, 1.54) is 0 Å². The van der Waals surface area contributed by atoms with E-state index in [-0.39, 0.29) is 18.5 Å². The van der Waals surface area contributed by atoms with Crippen LogP contribution in [0.4, 0.5) is 4.39 Å². The van der Waals surface area contributed by atoms with Gasteiger partial charge in [0.25, 0.3) is 5.91 Å². The number of amides is 1. The maximum atomic E-state index is 13.7. The Morgan fingerprint density at radius 2 is 2.17 bits per heavy atom. The lowest BCUT2D eigenvalue weighted by atomic mass is 10.1. The fraction of sp³-hybridized carbons (Fsp3) is 0.412. The van der Waals surface area contributed by atoms with Gasteiger partial charge in [0.2, 0.25) is 0 Å². The number of carbonyl (C=O) groups excluding carboxylic acids is 1. The monoisotopic (exact) mass is 316 g/mol. The summed E-state index contributed by atoms with van der Waals surface area (Å²) in [4.78, 5) is 18.3. The first-order chi connectivity index (χ1) is 11.2. The van der Waals surface area contributed by atoms with Crippen LogP contribution in [0.5, 0.6) is 0 Å². The average molecular weight is 316 g/mol. The van der Waals surface area contributed by atoms with Gasteiger partial charge >= 0.3 is 0 Å². The molecule has 1 aliphatic heterocycles. The predicted molar refractivity (Wildman–Crippen MR) is 86.0 cm³/mol. The van der Waals surface area contributed by atoms with Crippen LogP contribution in [-0.4, -0.2) is 52.7 Å². The van der Waals surface area contributed by atoms with Gasteiger partial charge in [0.15, 0.2) is 0 Å².